The van der Waals surface area contributed by atoms with Crippen LogP contribution in [0.1, 0.15) is 24.3 Å². The van der Waals surface area contributed by atoms with E-state index < -0.39 is 11.6 Å². The van der Waals surface area contributed by atoms with Gasteiger partial charge in [0.2, 0.25) is 0 Å². The number of carboxylic acids is 1. The molecule has 0 bridgehead atoms. The first-order valence-corrected chi connectivity index (χ1v) is 3.87. The molecule has 72 valence electrons. The number of carbonyl (C=O) groups is 1. The van der Waals surface area contributed by atoms with Crippen LogP contribution in [0.4, 0.5) is 0 Å². The highest BCUT2D eigenvalue weighted by Crippen LogP contribution is 2.07. The van der Waals surface area contributed by atoms with E-state index in [1.165, 1.54) is 16.9 Å². The molecule has 0 saturated heterocycles. The Hall–Kier alpha value is -1.36. The Morgan fingerprint density at radius 1 is 1.69 bits per heavy atom. The fourth-order valence-corrected chi connectivity index (χ4v) is 1.01. The fourth-order valence-electron chi connectivity index (χ4n) is 1.01. The summed E-state index contributed by atoms with van der Waals surface area (Å²) in [5.41, 5.74) is -0.877. The molecular weight excluding hydrogens is 172 g/mol. The van der Waals surface area contributed by atoms with Gasteiger partial charge >= 0.3 is 5.97 Å². The summed E-state index contributed by atoms with van der Waals surface area (Å²) in [5, 5.41) is 21.9. The first-order valence-electron chi connectivity index (χ1n) is 3.87. The van der Waals surface area contributed by atoms with Gasteiger partial charge in [0.05, 0.1) is 12.1 Å². The molecule has 13 heavy (non-hydrogen) atoms. The van der Waals surface area contributed by atoms with E-state index in [4.69, 9.17) is 5.11 Å². The molecule has 0 fully saturated rings. The second kappa shape index (κ2) is 3.18. The van der Waals surface area contributed by atoms with Crippen molar-refractivity contribution in [1.82, 2.24) is 9.78 Å². The fraction of sp³-hybridized carbons (Fsp3) is 0.500. The number of hydrogen-bond acceptors (Lipinski definition) is 3. The molecule has 1 heterocycles. The van der Waals surface area contributed by atoms with Crippen molar-refractivity contribution < 1.29 is 15.0 Å². The highest BCUT2D eigenvalue weighted by molar-refractivity contribution is 5.85. The molecule has 1 aromatic rings. The second-order valence-electron chi connectivity index (χ2n) is 3.49. The van der Waals surface area contributed by atoms with Crippen LogP contribution in [0, 0.1) is 0 Å². The van der Waals surface area contributed by atoms with Gasteiger partial charge in [0.25, 0.3) is 0 Å². The van der Waals surface area contributed by atoms with Crippen molar-refractivity contribution in [1.29, 1.82) is 0 Å². The molecule has 2 N–H and O–H groups in total. The van der Waals surface area contributed by atoms with Gasteiger partial charge in [-0.25, -0.2) is 4.79 Å². The Balaban J connectivity index is 2.89. The van der Waals surface area contributed by atoms with Gasteiger partial charge in [-0.1, -0.05) is 0 Å². The molecule has 5 heteroatoms. The van der Waals surface area contributed by atoms with E-state index in [9.17, 15) is 9.90 Å². The highest BCUT2D eigenvalue weighted by Gasteiger charge is 2.18. The van der Waals surface area contributed by atoms with Crippen LogP contribution < -0.4 is 0 Å². The van der Waals surface area contributed by atoms with Crippen LogP contribution in [0.25, 0.3) is 0 Å². The lowest BCUT2D eigenvalue weighted by Crippen LogP contribution is -2.28. The van der Waals surface area contributed by atoms with Crippen molar-refractivity contribution in [3.05, 3.63) is 18.0 Å². The molecule has 0 radical (unpaired) electrons. The number of carboxylic acid groups (broad SMARTS) is 1. The van der Waals surface area contributed by atoms with Gasteiger partial charge in [0.1, 0.15) is 5.69 Å². The van der Waals surface area contributed by atoms with Crippen LogP contribution in [0.2, 0.25) is 0 Å². The summed E-state index contributed by atoms with van der Waals surface area (Å²) in [5.74, 6) is -1.04. The topological polar surface area (TPSA) is 75.3 Å². The number of aliphatic hydroxyl groups is 1. The van der Waals surface area contributed by atoms with Crippen molar-refractivity contribution in [2.75, 3.05) is 0 Å². The number of aromatic nitrogens is 2. The van der Waals surface area contributed by atoms with Crippen LogP contribution >= 0.6 is 0 Å². The summed E-state index contributed by atoms with van der Waals surface area (Å²) in [7, 11) is 0. The summed E-state index contributed by atoms with van der Waals surface area (Å²) in [6.07, 6.45) is 1.40. The minimum Gasteiger partial charge on any atom is -0.477 e. The zero-order chi connectivity index (χ0) is 10.1. The quantitative estimate of drug-likeness (QED) is 0.710. The van der Waals surface area contributed by atoms with Crippen LogP contribution in [0.3, 0.4) is 0 Å². The zero-order valence-electron chi connectivity index (χ0n) is 7.56. The minimum absolute atomic E-state index is 0.0853. The molecule has 0 atom stereocenters. The molecule has 0 aliphatic carbocycles. The van der Waals surface area contributed by atoms with E-state index >= 15 is 0 Å². The molecule has 0 aromatic carbocycles. The maximum atomic E-state index is 10.6. The molecule has 0 amide bonds. The molecule has 1 aromatic heterocycles. The molecule has 0 saturated carbocycles. The maximum absolute atomic E-state index is 10.6. The molecule has 5 nitrogen and oxygen atoms in total. The number of hydrogen-bond donors (Lipinski definition) is 2. The molecular formula is C8H12N2O3. The average molecular weight is 184 g/mol. The normalized spacial score (nSPS) is 11.6. The predicted molar refractivity (Wildman–Crippen MR) is 45.5 cm³/mol. The van der Waals surface area contributed by atoms with Gasteiger partial charge in [-0.05, 0) is 19.9 Å². The molecule has 0 aliphatic rings. The monoisotopic (exact) mass is 184 g/mol. The van der Waals surface area contributed by atoms with Gasteiger partial charge in [-0.3, -0.25) is 4.68 Å². The molecule has 0 aliphatic heterocycles. The van der Waals surface area contributed by atoms with Crippen molar-refractivity contribution in [3.63, 3.8) is 0 Å². The summed E-state index contributed by atoms with van der Waals surface area (Å²) >= 11 is 0. The Morgan fingerprint density at radius 2 is 2.31 bits per heavy atom. The highest BCUT2D eigenvalue weighted by atomic mass is 16.4. The van der Waals surface area contributed by atoms with E-state index in [0.717, 1.165) is 0 Å². The number of aromatic carboxylic acids is 1. The number of nitrogens with zero attached hydrogens (tertiary/aromatic N) is 2. The third-order valence-corrected chi connectivity index (χ3v) is 1.47. The Bertz CT molecular complexity index is 311. The van der Waals surface area contributed by atoms with Crippen LogP contribution in [-0.4, -0.2) is 31.6 Å². The largest absolute Gasteiger partial charge is 0.477 e. The average Bonchev–Trinajstić information content (AvgIpc) is 2.31. The van der Waals surface area contributed by atoms with E-state index in [-0.39, 0.29) is 12.2 Å². The Kier molecular flexibility index (Phi) is 2.38. The summed E-state index contributed by atoms with van der Waals surface area (Å²) < 4.78 is 1.27. The minimum atomic E-state index is -1.04. The Labute approximate surface area is 75.6 Å². The number of rotatable bonds is 3. The van der Waals surface area contributed by atoms with Crippen molar-refractivity contribution >= 4 is 5.97 Å². The molecule has 1 rings (SSSR count). The smallest absolute Gasteiger partial charge is 0.354 e. The van der Waals surface area contributed by atoms with Crippen LogP contribution in [0.15, 0.2) is 12.3 Å². The van der Waals surface area contributed by atoms with Crippen molar-refractivity contribution in [3.8, 4) is 0 Å². The lowest BCUT2D eigenvalue weighted by atomic mass is 10.1. The van der Waals surface area contributed by atoms with Gasteiger partial charge in [-0.15, -0.1) is 0 Å². The lowest BCUT2D eigenvalue weighted by molar-refractivity contribution is 0.0531. The Morgan fingerprint density at radius 3 is 2.77 bits per heavy atom. The predicted octanol–water partition coefficient (Wildman–Crippen LogP) is 0.352. The van der Waals surface area contributed by atoms with E-state index in [1.54, 1.807) is 13.8 Å². The van der Waals surface area contributed by atoms with Gasteiger partial charge < -0.3 is 10.2 Å². The second-order valence-corrected chi connectivity index (χ2v) is 3.49. The van der Waals surface area contributed by atoms with E-state index in [0.29, 0.717) is 0 Å². The van der Waals surface area contributed by atoms with Crippen LogP contribution in [-0.2, 0) is 6.54 Å². The third kappa shape index (κ3) is 2.55. The summed E-state index contributed by atoms with van der Waals surface area (Å²) in [4.78, 5) is 10.6. The lowest BCUT2D eigenvalue weighted by Gasteiger charge is -2.17. The van der Waals surface area contributed by atoms with Gasteiger partial charge in [0.15, 0.2) is 0 Å². The molecule has 0 spiro atoms. The van der Waals surface area contributed by atoms with Crippen molar-refractivity contribution in [2.45, 2.75) is 26.0 Å². The summed E-state index contributed by atoms with van der Waals surface area (Å²) in [6, 6.07) is 1.40. The van der Waals surface area contributed by atoms with Gasteiger partial charge in [0, 0.05) is 6.20 Å². The van der Waals surface area contributed by atoms with E-state index in [1.807, 2.05) is 0 Å². The van der Waals surface area contributed by atoms with Crippen molar-refractivity contribution in [2.24, 2.45) is 0 Å². The molecule has 0 unspecified atom stereocenters. The zero-order valence-corrected chi connectivity index (χ0v) is 7.56. The standard InChI is InChI=1S/C8H12N2O3/c1-8(2,13)5-10-6(7(11)12)3-4-9-10/h3-4,13H,5H2,1-2H3,(H,11,12). The maximum Gasteiger partial charge on any atom is 0.354 e. The van der Waals surface area contributed by atoms with Gasteiger partial charge in [-0.2, -0.15) is 5.10 Å². The third-order valence-electron chi connectivity index (χ3n) is 1.47. The van der Waals surface area contributed by atoms with Crippen LogP contribution in [0.5, 0.6) is 0 Å². The summed E-state index contributed by atoms with van der Waals surface area (Å²) in [6.45, 7) is 3.36. The van der Waals surface area contributed by atoms with E-state index in [2.05, 4.69) is 5.10 Å². The first kappa shape index (κ1) is 9.73. The SMILES string of the molecule is CC(C)(O)Cn1nccc1C(=O)O. The first-order chi connectivity index (χ1) is 5.90.